The molecule has 0 bridgehead atoms. The highest BCUT2D eigenvalue weighted by Gasteiger charge is 2.71. The van der Waals surface area contributed by atoms with Crippen molar-refractivity contribution < 1.29 is 19.5 Å². The zero-order chi connectivity index (χ0) is 20.5. The molecule has 7 nitrogen and oxygen atoms in total. The van der Waals surface area contributed by atoms with E-state index in [9.17, 15) is 19.5 Å². The normalized spacial score (nSPS) is 33.3. The summed E-state index contributed by atoms with van der Waals surface area (Å²) in [6.07, 6.45) is -0.249. The summed E-state index contributed by atoms with van der Waals surface area (Å²) >= 11 is 0. The van der Waals surface area contributed by atoms with Gasteiger partial charge < -0.3 is 10.4 Å². The van der Waals surface area contributed by atoms with Crippen molar-refractivity contribution in [2.45, 2.75) is 64.8 Å². The fraction of sp³-hybridized carbons (Fsp3) is 0.571. The van der Waals surface area contributed by atoms with Crippen molar-refractivity contribution in [2.75, 3.05) is 5.32 Å². The Hall–Kier alpha value is -2.25. The Morgan fingerprint density at radius 1 is 1.18 bits per heavy atom. The average molecular weight is 385 g/mol. The van der Waals surface area contributed by atoms with Gasteiger partial charge in [-0.1, -0.05) is 19.1 Å². The van der Waals surface area contributed by atoms with E-state index in [4.69, 9.17) is 0 Å². The Balaban J connectivity index is 1.93. The number of carbonyl (C=O) groups is 3. The maximum absolute atomic E-state index is 13.4. The number of benzene rings is 1. The predicted molar refractivity (Wildman–Crippen MR) is 103 cm³/mol. The molecule has 3 heterocycles. The topological polar surface area (TPSA) is 98.7 Å². The van der Waals surface area contributed by atoms with Crippen molar-refractivity contribution in [3.8, 4) is 0 Å². The van der Waals surface area contributed by atoms with Crippen molar-refractivity contribution in [3.05, 3.63) is 28.8 Å². The lowest BCUT2D eigenvalue weighted by Gasteiger charge is -2.31. The van der Waals surface area contributed by atoms with Gasteiger partial charge in [-0.05, 0) is 45.2 Å². The highest BCUT2D eigenvalue weighted by molar-refractivity contribution is 6.15. The molecule has 0 aliphatic carbocycles. The Bertz CT molecular complexity index is 896. The Kier molecular flexibility index (Phi) is 4.17. The van der Waals surface area contributed by atoms with Crippen LogP contribution in [0.3, 0.4) is 0 Å². The molecule has 3 amide bonds. The van der Waals surface area contributed by atoms with Crippen LogP contribution in [0.5, 0.6) is 0 Å². The smallest absolute Gasteiger partial charge is 0.250 e. The van der Waals surface area contributed by atoms with Gasteiger partial charge in [0.1, 0.15) is 5.54 Å². The maximum atomic E-state index is 13.4. The second-order valence-electron chi connectivity index (χ2n) is 8.41. The lowest BCUT2D eigenvalue weighted by molar-refractivity contribution is -0.145. The van der Waals surface area contributed by atoms with Crippen LogP contribution < -0.4 is 10.6 Å². The molecule has 3 aliphatic heterocycles. The SMILES string of the molecule is CC[C@@H](C)N1C(=O)[C@@H]2[C@@H]([C@@H](C)O)N[C@@]3(C(=O)Nc4c3ccc(C)c4C)[C@@H]2C1=O. The van der Waals surface area contributed by atoms with Crippen LogP contribution in [0, 0.1) is 25.7 Å². The molecule has 2 fully saturated rings. The number of nitrogens with zero attached hydrogens (tertiary/aromatic N) is 1. The number of rotatable bonds is 3. The molecule has 6 atom stereocenters. The quantitative estimate of drug-likeness (QED) is 0.679. The van der Waals surface area contributed by atoms with E-state index in [-0.39, 0.29) is 23.8 Å². The van der Waals surface area contributed by atoms with Crippen molar-refractivity contribution in [3.63, 3.8) is 0 Å². The van der Waals surface area contributed by atoms with Crippen molar-refractivity contribution in [2.24, 2.45) is 11.8 Å². The molecule has 4 rings (SSSR count). The van der Waals surface area contributed by atoms with Gasteiger partial charge >= 0.3 is 0 Å². The highest BCUT2D eigenvalue weighted by atomic mass is 16.3. The summed E-state index contributed by atoms with van der Waals surface area (Å²) in [5.41, 5.74) is 2.02. The number of imide groups is 1. The number of amides is 3. The van der Waals surface area contributed by atoms with Crippen molar-refractivity contribution in [1.82, 2.24) is 10.2 Å². The molecule has 1 spiro atoms. The van der Waals surface area contributed by atoms with Gasteiger partial charge in [0.15, 0.2) is 0 Å². The second-order valence-corrected chi connectivity index (χ2v) is 8.41. The van der Waals surface area contributed by atoms with Gasteiger partial charge in [0.05, 0.1) is 17.9 Å². The first-order valence-corrected chi connectivity index (χ1v) is 9.91. The first kappa shape index (κ1) is 19.1. The number of fused-ring (bicyclic) bond motifs is 4. The fourth-order valence-corrected chi connectivity index (χ4v) is 5.10. The number of nitrogens with one attached hydrogen (secondary N) is 2. The third-order valence-corrected chi connectivity index (χ3v) is 6.94. The van der Waals surface area contributed by atoms with Crippen LogP contribution in [0.4, 0.5) is 5.69 Å². The highest BCUT2D eigenvalue weighted by Crippen LogP contribution is 2.54. The molecule has 2 saturated heterocycles. The molecule has 0 radical (unpaired) electrons. The fourth-order valence-electron chi connectivity index (χ4n) is 5.10. The lowest BCUT2D eigenvalue weighted by Crippen LogP contribution is -2.55. The van der Waals surface area contributed by atoms with E-state index in [0.717, 1.165) is 11.1 Å². The molecule has 0 saturated carbocycles. The number of hydrogen-bond donors (Lipinski definition) is 3. The van der Waals surface area contributed by atoms with Crippen LogP contribution in [0.1, 0.15) is 43.9 Å². The summed E-state index contributed by atoms with van der Waals surface area (Å²) in [5, 5.41) is 16.6. The molecule has 1 aromatic rings. The molecule has 7 heteroatoms. The molecule has 1 aromatic carbocycles. The molecule has 28 heavy (non-hydrogen) atoms. The molecule has 150 valence electrons. The van der Waals surface area contributed by atoms with Crippen LogP contribution in [-0.4, -0.2) is 45.9 Å². The van der Waals surface area contributed by atoms with Crippen molar-refractivity contribution in [1.29, 1.82) is 0 Å². The zero-order valence-electron chi connectivity index (χ0n) is 16.9. The number of likely N-dealkylation sites (tertiary alicyclic amines) is 1. The third-order valence-electron chi connectivity index (χ3n) is 6.94. The van der Waals surface area contributed by atoms with Gasteiger partial charge in [0, 0.05) is 23.3 Å². The Morgan fingerprint density at radius 3 is 2.46 bits per heavy atom. The minimum Gasteiger partial charge on any atom is -0.392 e. The largest absolute Gasteiger partial charge is 0.392 e. The number of anilines is 1. The summed E-state index contributed by atoms with van der Waals surface area (Å²) in [6.45, 7) is 9.24. The Labute approximate surface area is 164 Å². The van der Waals surface area contributed by atoms with Gasteiger partial charge in [-0.15, -0.1) is 0 Å². The number of aryl methyl sites for hydroxylation is 1. The van der Waals surface area contributed by atoms with E-state index in [2.05, 4.69) is 10.6 Å². The monoisotopic (exact) mass is 385 g/mol. The van der Waals surface area contributed by atoms with Crippen LogP contribution in [0.25, 0.3) is 0 Å². The number of hydrogen-bond acceptors (Lipinski definition) is 5. The summed E-state index contributed by atoms with van der Waals surface area (Å²) in [4.78, 5) is 41.2. The van der Waals surface area contributed by atoms with Crippen LogP contribution in [0.15, 0.2) is 12.1 Å². The minimum atomic E-state index is -1.34. The zero-order valence-corrected chi connectivity index (χ0v) is 16.9. The van der Waals surface area contributed by atoms with Gasteiger partial charge in [-0.2, -0.15) is 0 Å². The van der Waals surface area contributed by atoms with Crippen LogP contribution in [0.2, 0.25) is 0 Å². The van der Waals surface area contributed by atoms with Gasteiger partial charge in [-0.3, -0.25) is 24.6 Å². The number of aliphatic hydroxyl groups excluding tert-OH is 1. The molecule has 0 aromatic heterocycles. The van der Waals surface area contributed by atoms with Crippen molar-refractivity contribution >= 4 is 23.4 Å². The van der Waals surface area contributed by atoms with Gasteiger partial charge in [0.2, 0.25) is 17.7 Å². The first-order valence-electron chi connectivity index (χ1n) is 9.91. The standard InChI is InChI=1S/C21H27N3O4/c1-6-10(3)24-18(26)14-15(19(24)27)21(23-17(14)12(5)25)13-8-7-9(2)11(4)16(13)22-20(21)28/h7-8,10,12,14-15,17,23,25H,6H2,1-5H3,(H,22,28)/t10-,12-,14+,15+,17-,21-/m1/s1. The van der Waals surface area contributed by atoms with Gasteiger partial charge in [-0.25, -0.2) is 0 Å². The predicted octanol–water partition coefficient (Wildman–Crippen LogP) is 1.20. The van der Waals surface area contributed by atoms with E-state index in [1.165, 1.54) is 4.90 Å². The van der Waals surface area contributed by atoms with Crippen LogP contribution >= 0.6 is 0 Å². The lowest BCUT2D eigenvalue weighted by atomic mass is 9.76. The second kappa shape index (κ2) is 6.12. The Morgan fingerprint density at radius 2 is 1.86 bits per heavy atom. The van der Waals surface area contributed by atoms with E-state index in [1.807, 2.05) is 39.8 Å². The molecule has 3 N–H and O–H groups in total. The maximum Gasteiger partial charge on any atom is 0.250 e. The third kappa shape index (κ3) is 2.14. The summed E-state index contributed by atoms with van der Waals surface area (Å²) in [6, 6.07) is 2.86. The van der Waals surface area contributed by atoms with Crippen LogP contribution in [-0.2, 0) is 19.9 Å². The van der Waals surface area contributed by atoms with Gasteiger partial charge in [0.25, 0.3) is 0 Å². The number of carbonyl (C=O) groups excluding carboxylic acids is 3. The summed E-state index contributed by atoms with van der Waals surface area (Å²) < 4.78 is 0. The van der Waals surface area contributed by atoms with E-state index in [1.54, 1.807) is 6.92 Å². The van der Waals surface area contributed by atoms with E-state index < -0.39 is 29.5 Å². The molecule has 3 aliphatic rings. The molecule has 0 unspecified atom stereocenters. The van der Waals surface area contributed by atoms with E-state index in [0.29, 0.717) is 17.7 Å². The summed E-state index contributed by atoms with van der Waals surface area (Å²) in [5.74, 6) is -2.59. The average Bonchev–Trinajstić information content (AvgIpc) is 3.24. The summed E-state index contributed by atoms with van der Waals surface area (Å²) in [7, 11) is 0. The van der Waals surface area contributed by atoms with E-state index >= 15 is 0 Å². The number of aliphatic hydroxyl groups is 1. The first-order chi connectivity index (χ1) is 13.2. The molecular weight excluding hydrogens is 358 g/mol. The minimum absolute atomic E-state index is 0.249. The molecular formula is C21H27N3O4.